The van der Waals surface area contributed by atoms with Gasteiger partial charge in [-0.1, -0.05) is 18.2 Å². The number of nitrogens with two attached hydrogens (primary N) is 1. The molecule has 174 valence electrons. The second kappa shape index (κ2) is 9.94. The largest absolute Gasteiger partial charge is 0.465 e. The summed E-state index contributed by atoms with van der Waals surface area (Å²) < 4.78 is 0. The van der Waals surface area contributed by atoms with Crippen molar-refractivity contribution in [1.29, 1.82) is 0 Å². The van der Waals surface area contributed by atoms with Crippen LogP contribution in [0, 0.1) is 0 Å². The van der Waals surface area contributed by atoms with Crippen molar-refractivity contribution in [3.05, 3.63) is 71.8 Å². The minimum atomic E-state index is -1.03. The molecule has 1 aromatic carbocycles. The van der Waals surface area contributed by atoms with E-state index in [-0.39, 0.29) is 36.6 Å². The minimum absolute atomic E-state index is 0.0430. The van der Waals surface area contributed by atoms with Crippen LogP contribution in [0.4, 0.5) is 10.6 Å². The highest BCUT2D eigenvalue weighted by Crippen LogP contribution is 2.20. The molecule has 0 unspecified atom stereocenters. The molecule has 0 saturated carbocycles. The summed E-state index contributed by atoms with van der Waals surface area (Å²) in [6.45, 7) is 0.830. The van der Waals surface area contributed by atoms with Crippen LogP contribution >= 0.6 is 0 Å². The van der Waals surface area contributed by atoms with Crippen molar-refractivity contribution in [2.24, 2.45) is 0 Å². The third kappa shape index (κ3) is 5.26. The fourth-order valence-corrected chi connectivity index (χ4v) is 3.61. The molecule has 0 aliphatic carbocycles. The summed E-state index contributed by atoms with van der Waals surface area (Å²) in [5.74, 6) is -0.856. The van der Waals surface area contributed by atoms with E-state index in [1.807, 2.05) is 12.1 Å². The monoisotopic (exact) mass is 461 g/mol. The van der Waals surface area contributed by atoms with Crippen molar-refractivity contribution in [1.82, 2.24) is 30.5 Å². The van der Waals surface area contributed by atoms with Crippen molar-refractivity contribution in [3.63, 3.8) is 0 Å². The number of benzene rings is 1. The van der Waals surface area contributed by atoms with Crippen molar-refractivity contribution in [3.8, 4) is 11.3 Å². The number of nitrogen functional groups attached to an aromatic ring is 1. The summed E-state index contributed by atoms with van der Waals surface area (Å²) in [6, 6.07) is 11.9. The summed E-state index contributed by atoms with van der Waals surface area (Å²) in [4.78, 5) is 50.3. The van der Waals surface area contributed by atoms with Crippen LogP contribution < -0.4 is 16.4 Å². The Hall–Kier alpha value is -4.54. The number of nitrogens with zero attached hydrogens (tertiary/aromatic N) is 4. The lowest BCUT2D eigenvalue weighted by atomic mass is 10.1. The van der Waals surface area contributed by atoms with Gasteiger partial charge in [0.05, 0.1) is 24.1 Å². The second-order valence-electron chi connectivity index (χ2n) is 7.76. The van der Waals surface area contributed by atoms with E-state index in [2.05, 4.69) is 25.6 Å². The molecule has 4 rings (SSSR count). The Kier molecular flexibility index (Phi) is 6.62. The number of rotatable bonds is 6. The number of amides is 3. The zero-order chi connectivity index (χ0) is 24.1. The topological polar surface area (TPSA) is 163 Å². The summed E-state index contributed by atoms with van der Waals surface area (Å²) in [5, 5.41) is 14.7. The number of nitrogens with one attached hydrogen (secondary N) is 2. The SMILES string of the molecule is Nc1ncc(-c2cccc(C(=O)NCc3ccccn3)c2)nc1C(=O)N[C@H]1CCN(C(=O)O)C1. The van der Waals surface area contributed by atoms with Gasteiger partial charge in [0, 0.05) is 36.5 Å². The predicted molar refractivity (Wildman–Crippen MR) is 123 cm³/mol. The van der Waals surface area contributed by atoms with Crippen molar-refractivity contribution < 1.29 is 19.5 Å². The Morgan fingerprint density at radius 3 is 2.71 bits per heavy atom. The number of hydrogen-bond donors (Lipinski definition) is 4. The average Bonchev–Trinajstić information content (AvgIpc) is 3.32. The van der Waals surface area contributed by atoms with Crippen LogP contribution in [0.25, 0.3) is 11.3 Å². The standard InChI is InChI=1S/C23H23N7O4/c24-20-19(22(32)28-17-7-9-30(13-17)23(33)34)29-18(12-26-20)14-4-3-5-15(10-14)21(31)27-11-16-6-1-2-8-25-16/h1-6,8,10,12,17H,7,9,11,13H2,(H2,24,26)(H,27,31)(H,28,32)(H,33,34)/t17-/m0/s1. The molecule has 0 bridgehead atoms. The predicted octanol–water partition coefficient (Wildman–Crippen LogP) is 1.53. The first kappa shape index (κ1) is 22.6. The van der Waals surface area contributed by atoms with Gasteiger partial charge in [-0.2, -0.15) is 0 Å². The molecule has 1 fully saturated rings. The first-order valence-corrected chi connectivity index (χ1v) is 10.6. The molecule has 0 spiro atoms. The number of carbonyl (C=O) groups is 3. The first-order valence-electron chi connectivity index (χ1n) is 10.6. The molecule has 2 aromatic heterocycles. The molecule has 1 saturated heterocycles. The number of anilines is 1. The highest BCUT2D eigenvalue weighted by atomic mass is 16.4. The van der Waals surface area contributed by atoms with Crippen molar-refractivity contribution >= 4 is 23.7 Å². The van der Waals surface area contributed by atoms with Crippen LogP contribution in [0.2, 0.25) is 0 Å². The molecule has 34 heavy (non-hydrogen) atoms. The Morgan fingerprint density at radius 1 is 1.12 bits per heavy atom. The van der Waals surface area contributed by atoms with Crippen LogP contribution in [-0.4, -0.2) is 62.0 Å². The Balaban J connectivity index is 1.47. The lowest BCUT2D eigenvalue weighted by molar-refractivity contribution is 0.0928. The molecule has 11 heteroatoms. The van der Waals surface area contributed by atoms with E-state index >= 15 is 0 Å². The Labute approximate surface area is 195 Å². The van der Waals surface area contributed by atoms with E-state index in [4.69, 9.17) is 10.8 Å². The maximum absolute atomic E-state index is 12.7. The minimum Gasteiger partial charge on any atom is -0.465 e. The molecular formula is C23H23N7O4. The molecule has 3 heterocycles. The normalized spacial score (nSPS) is 15.1. The van der Waals surface area contributed by atoms with Gasteiger partial charge in [-0.15, -0.1) is 0 Å². The number of hydrogen-bond acceptors (Lipinski definition) is 7. The molecule has 1 atom stereocenters. The Bertz CT molecular complexity index is 1220. The molecular weight excluding hydrogens is 438 g/mol. The molecule has 1 aliphatic heterocycles. The van der Waals surface area contributed by atoms with Crippen LogP contribution in [0.3, 0.4) is 0 Å². The maximum atomic E-state index is 12.7. The van der Waals surface area contributed by atoms with Gasteiger partial charge in [-0.05, 0) is 30.7 Å². The van der Waals surface area contributed by atoms with Gasteiger partial charge in [0.25, 0.3) is 11.8 Å². The number of carboxylic acid groups (broad SMARTS) is 1. The second-order valence-corrected chi connectivity index (χ2v) is 7.76. The van der Waals surface area contributed by atoms with E-state index in [1.54, 1.807) is 36.5 Å². The Morgan fingerprint density at radius 2 is 1.97 bits per heavy atom. The number of carbonyl (C=O) groups excluding carboxylic acids is 2. The highest BCUT2D eigenvalue weighted by molar-refractivity contribution is 5.97. The van der Waals surface area contributed by atoms with Gasteiger partial charge < -0.3 is 26.4 Å². The van der Waals surface area contributed by atoms with Crippen molar-refractivity contribution in [2.75, 3.05) is 18.8 Å². The fourth-order valence-electron chi connectivity index (χ4n) is 3.61. The van der Waals surface area contributed by atoms with E-state index in [0.717, 1.165) is 5.69 Å². The quantitative estimate of drug-likeness (QED) is 0.429. The van der Waals surface area contributed by atoms with Crippen LogP contribution in [0.5, 0.6) is 0 Å². The lowest BCUT2D eigenvalue weighted by Gasteiger charge is -2.14. The maximum Gasteiger partial charge on any atom is 0.407 e. The summed E-state index contributed by atoms with van der Waals surface area (Å²) in [7, 11) is 0. The molecule has 1 aliphatic rings. The lowest BCUT2D eigenvalue weighted by Crippen LogP contribution is -2.38. The van der Waals surface area contributed by atoms with E-state index in [0.29, 0.717) is 29.8 Å². The third-order valence-corrected chi connectivity index (χ3v) is 5.39. The van der Waals surface area contributed by atoms with Gasteiger partial charge in [-0.3, -0.25) is 14.6 Å². The average molecular weight is 461 g/mol. The molecule has 3 amide bonds. The summed E-state index contributed by atoms with van der Waals surface area (Å²) in [6.07, 6.45) is 2.56. The van der Waals surface area contributed by atoms with Gasteiger partial charge in [-0.25, -0.2) is 14.8 Å². The van der Waals surface area contributed by atoms with Gasteiger partial charge >= 0.3 is 6.09 Å². The van der Waals surface area contributed by atoms with Crippen LogP contribution in [-0.2, 0) is 6.54 Å². The molecule has 3 aromatic rings. The zero-order valence-electron chi connectivity index (χ0n) is 18.1. The third-order valence-electron chi connectivity index (χ3n) is 5.39. The first-order chi connectivity index (χ1) is 16.4. The van der Waals surface area contributed by atoms with Gasteiger partial charge in [0.15, 0.2) is 11.5 Å². The fraction of sp³-hybridized carbons (Fsp3) is 0.217. The van der Waals surface area contributed by atoms with Gasteiger partial charge in [0.2, 0.25) is 0 Å². The van der Waals surface area contributed by atoms with E-state index < -0.39 is 12.0 Å². The van der Waals surface area contributed by atoms with Gasteiger partial charge in [0.1, 0.15) is 0 Å². The van der Waals surface area contributed by atoms with Crippen LogP contribution in [0.1, 0.15) is 33.0 Å². The van der Waals surface area contributed by atoms with E-state index in [9.17, 15) is 14.4 Å². The summed E-state index contributed by atoms with van der Waals surface area (Å²) >= 11 is 0. The van der Waals surface area contributed by atoms with E-state index in [1.165, 1.54) is 11.1 Å². The molecule has 11 nitrogen and oxygen atoms in total. The smallest absolute Gasteiger partial charge is 0.407 e. The zero-order valence-corrected chi connectivity index (χ0v) is 18.1. The summed E-state index contributed by atoms with van der Waals surface area (Å²) in [5.41, 5.74) is 7.94. The molecule has 5 N–H and O–H groups in total. The van der Waals surface area contributed by atoms with Crippen LogP contribution in [0.15, 0.2) is 54.9 Å². The van der Waals surface area contributed by atoms with Crippen molar-refractivity contribution in [2.45, 2.75) is 19.0 Å². The number of likely N-dealkylation sites (tertiary alicyclic amines) is 1. The number of aromatic nitrogens is 3. The highest BCUT2D eigenvalue weighted by Gasteiger charge is 2.28. The number of pyridine rings is 1. The molecule has 0 radical (unpaired) electrons.